The summed E-state index contributed by atoms with van der Waals surface area (Å²) in [4.78, 5) is 0. The van der Waals surface area contributed by atoms with E-state index in [1.54, 1.807) is 11.8 Å². The number of aromatic nitrogens is 4. The van der Waals surface area contributed by atoms with E-state index in [0.717, 1.165) is 17.8 Å². The molecule has 1 N–H and O–H groups in total. The van der Waals surface area contributed by atoms with Gasteiger partial charge in [0.2, 0.25) is 0 Å². The maximum absolute atomic E-state index is 6.23. The average Bonchev–Trinajstić information content (AvgIpc) is 2.91. The second kappa shape index (κ2) is 6.78. The monoisotopic (exact) mass is 295 g/mol. The van der Waals surface area contributed by atoms with Gasteiger partial charge in [-0.1, -0.05) is 17.7 Å². The number of aryl methyl sites for hydroxylation is 1. The molecule has 0 saturated carbocycles. The standard InChI is InChI=1S/C13H18ClN5O/c1-9-4-5-11(14)12(8-9)19-13(16-17-18-19)10(2)15-6-7-20-3/h4-5,8,10,15H,6-7H2,1-3H3. The summed E-state index contributed by atoms with van der Waals surface area (Å²) in [6.07, 6.45) is 0. The van der Waals surface area contributed by atoms with Crippen molar-refractivity contribution in [3.05, 3.63) is 34.6 Å². The molecule has 0 spiro atoms. The number of nitrogens with one attached hydrogen (secondary N) is 1. The van der Waals surface area contributed by atoms with Crippen LogP contribution in [0.2, 0.25) is 5.02 Å². The minimum atomic E-state index is -0.00303. The predicted octanol–water partition coefficient (Wildman–Crippen LogP) is 1.92. The molecule has 2 rings (SSSR count). The first-order valence-electron chi connectivity index (χ1n) is 6.40. The first-order chi connectivity index (χ1) is 9.63. The highest BCUT2D eigenvalue weighted by molar-refractivity contribution is 6.32. The van der Waals surface area contributed by atoms with E-state index >= 15 is 0 Å². The SMILES string of the molecule is COCCNC(C)c1nnnn1-c1cc(C)ccc1Cl. The van der Waals surface area contributed by atoms with Gasteiger partial charge >= 0.3 is 0 Å². The number of hydrogen-bond acceptors (Lipinski definition) is 5. The average molecular weight is 296 g/mol. The topological polar surface area (TPSA) is 64.9 Å². The summed E-state index contributed by atoms with van der Waals surface area (Å²) in [6.45, 7) is 5.37. The summed E-state index contributed by atoms with van der Waals surface area (Å²) in [6, 6.07) is 5.76. The molecule has 108 valence electrons. The van der Waals surface area contributed by atoms with Crippen molar-refractivity contribution in [3.8, 4) is 5.69 Å². The first-order valence-corrected chi connectivity index (χ1v) is 6.78. The minimum absolute atomic E-state index is 0.00303. The Morgan fingerprint density at radius 1 is 1.45 bits per heavy atom. The van der Waals surface area contributed by atoms with E-state index in [2.05, 4.69) is 20.8 Å². The summed E-state index contributed by atoms with van der Waals surface area (Å²) in [5, 5.41) is 15.8. The Balaban J connectivity index is 2.26. The van der Waals surface area contributed by atoms with Crippen molar-refractivity contribution in [1.29, 1.82) is 0 Å². The summed E-state index contributed by atoms with van der Waals surface area (Å²) < 4.78 is 6.68. The highest BCUT2D eigenvalue weighted by Crippen LogP contribution is 2.23. The minimum Gasteiger partial charge on any atom is -0.383 e. The van der Waals surface area contributed by atoms with Gasteiger partial charge in [-0.25, -0.2) is 0 Å². The van der Waals surface area contributed by atoms with E-state index in [0.29, 0.717) is 17.5 Å². The van der Waals surface area contributed by atoms with Gasteiger partial charge in [0.15, 0.2) is 5.82 Å². The van der Waals surface area contributed by atoms with Crippen LogP contribution < -0.4 is 5.32 Å². The van der Waals surface area contributed by atoms with Gasteiger partial charge in [-0.3, -0.25) is 0 Å². The molecule has 0 saturated heterocycles. The van der Waals surface area contributed by atoms with E-state index in [9.17, 15) is 0 Å². The lowest BCUT2D eigenvalue weighted by Gasteiger charge is -2.14. The van der Waals surface area contributed by atoms with Crippen LogP contribution in [0.15, 0.2) is 18.2 Å². The maximum atomic E-state index is 6.23. The van der Waals surface area contributed by atoms with Crippen molar-refractivity contribution in [2.75, 3.05) is 20.3 Å². The number of nitrogens with zero attached hydrogens (tertiary/aromatic N) is 4. The molecule has 1 heterocycles. The Kier molecular flexibility index (Phi) is 5.05. The van der Waals surface area contributed by atoms with Crippen molar-refractivity contribution in [3.63, 3.8) is 0 Å². The zero-order valence-electron chi connectivity index (χ0n) is 11.8. The lowest BCUT2D eigenvalue weighted by Crippen LogP contribution is -2.25. The Labute approximate surface area is 123 Å². The van der Waals surface area contributed by atoms with Crippen molar-refractivity contribution in [1.82, 2.24) is 25.5 Å². The van der Waals surface area contributed by atoms with Gasteiger partial charge in [-0.15, -0.1) is 5.10 Å². The van der Waals surface area contributed by atoms with Crippen molar-refractivity contribution in [2.45, 2.75) is 19.9 Å². The third kappa shape index (κ3) is 3.33. The van der Waals surface area contributed by atoms with Gasteiger partial charge in [0.05, 0.1) is 23.4 Å². The summed E-state index contributed by atoms with van der Waals surface area (Å²) in [7, 11) is 1.67. The summed E-state index contributed by atoms with van der Waals surface area (Å²) in [5.41, 5.74) is 1.89. The molecular weight excluding hydrogens is 278 g/mol. The zero-order valence-corrected chi connectivity index (χ0v) is 12.6. The van der Waals surface area contributed by atoms with Crippen LogP contribution in [0, 0.1) is 6.92 Å². The zero-order chi connectivity index (χ0) is 14.5. The molecule has 1 atom stereocenters. The van der Waals surface area contributed by atoms with Gasteiger partial charge < -0.3 is 10.1 Å². The Morgan fingerprint density at radius 2 is 2.25 bits per heavy atom. The Hall–Kier alpha value is -1.50. The molecule has 0 amide bonds. The lowest BCUT2D eigenvalue weighted by atomic mass is 10.2. The fraction of sp³-hybridized carbons (Fsp3) is 0.462. The largest absolute Gasteiger partial charge is 0.383 e. The molecule has 0 aliphatic carbocycles. The fourth-order valence-corrected chi connectivity index (χ4v) is 2.09. The van der Waals surface area contributed by atoms with Gasteiger partial charge in [-0.05, 0) is 42.0 Å². The number of hydrogen-bond donors (Lipinski definition) is 1. The van der Waals surface area contributed by atoms with Crippen LogP contribution in [-0.4, -0.2) is 40.5 Å². The Bertz CT molecular complexity index is 572. The summed E-state index contributed by atoms with van der Waals surface area (Å²) in [5.74, 6) is 0.716. The molecule has 0 aliphatic rings. The first kappa shape index (κ1) is 14.9. The third-order valence-electron chi connectivity index (χ3n) is 2.97. The number of benzene rings is 1. The van der Waals surface area contributed by atoms with Crippen molar-refractivity contribution < 1.29 is 4.74 Å². The van der Waals surface area contributed by atoms with Gasteiger partial charge in [-0.2, -0.15) is 4.68 Å². The van der Waals surface area contributed by atoms with Gasteiger partial charge in [0.25, 0.3) is 0 Å². The van der Waals surface area contributed by atoms with E-state index in [4.69, 9.17) is 16.3 Å². The molecule has 0 aliphatic heterocycles. The smallest absolute Gasteiger partial charge is 0.173 e. The van der Waals surface area contributed by atoms with Crippen LogP contribution in [0.5, 0.6) is 0 Å². The maximum Gasteiger partial charge on any atom is 0.173 e. The second-order valence-electron chi connectivity index (χ2n) is 4.57. The van der Waals surface area contributed by atoms with Crippen LogP contribution in [0.4, 0.5) is 0 Å². The fourth-order valence-electron chi connectivity index (χ4n) is 1.89. The quantitative estimate of drug-likeness (QED) is 0.825. The number of halogens is 1. The predicted molar refractivity (Wildman–Crippen MR) is 77.2 cm³/mol. The van der Waals surface area contributed by atoms with Crippen molar-refractivity contribution >= 4 is 11.6 Å². The molecule has 1 aromatic carbocycles. The van der Waals surface area contributed by atoms with Gasteiger partial charge in [0, 0.05) is 13.7 Å². The molecular formula is C13H18ClN5O. The molecule has 1 unspecified atom stereocenters. The van der Waals surface area contributed by atoms with E-state index in [1.807, 2.05) is 32.0 Å². The highest BCUT2D eigenvalue weighted by Gasteiger charge is 2.17. The number of tetrazole rings is 1. The molecule has 1 aromatic heterocycles. The number of methoxy groups -OCH3 is 1. The van der Waals surface area contributed by atoms with Crippen LogP contribution in [0.25, 0.3) is 5.69 Å². The summed E-state index contributed by atoms with van der Waals surface area (Å²) >= 11 is 6.23. The molecule has 20 heavy (non-hydrogen) atoms. The van der Waals surface area contributed by atoms with Crippen molar-refractivity contribution in [2.24, 2.45) is 0 Å². The molecule has 0 fully saturated rings. The van der Waals surface area contributed by atoms with Gasteiger partial charge in [0.1, 0.15) is 0 Å². The molecule has 6 nitrogen and oxygen atoms in total. The van der Waals surface area contributed by atoms with Crippen LogP contribution in [-0.2, 0) is 4.74 Å². The molecule has 0 radical (unpaired) electrons. The van der Waals surface area contributed by atoms with E-state index in [-0.39, 0.29) is 6.04 Å². The van der Waals surface area contributed by atoms with Crippen LogP contribution >= 0.6 is 11.6 Å². The third-order valence-corrected chi connectivity index (χ3v) is 3.29. The number of ether oxygens (including phenoxy) is 1. The molecule has 7 heteroatoms. The Morgan fingerprint density at radius 3 is 3.00 bits per heavy atom. The molecule has 2 aromatic rings. The second-order valence-corrected chi connectivity index (χ2v) is 4.98. The van der Waals surface area contributed by atoms with E-state index < -0.39 is 0 Å². The highest BCUT2D eigenvalue weighted by atomic mass is 35.5. The van der Waals surface area contributed by atoms with E-state index in [1.165, 1.54) is 0 Å². The lowest BCUT2D eigenvalue weighted by molar-refractivity contribution is 0.196. The molecule has 0 bridgehead atoms. The normalized spacial score (nSPS) is 12.6. The van der Waals surface area contributed by atoms with Crippen LogP contribution in [0.3, 0.4) is 0 Å². The van der Waals surface area contributed by atoms with Crippen LogP contribution in [0.1, 0.15) is 24.4 Å². The number of rotatable bonds is 6.